The van der Waals surface area contributed by atoms with Gasteiger partial charge >= 0.3 is 0 Å². The third kappa shape index (κ3) is 2.05. The maximum Gasteiger partial charge on any atom is 0.265 e. The Bertz CT molecular complexity index is 278. The summed E-state index contributed by atoms with van der Waals surface area (Å²) < 4.78 is 24.4. The summed E-state index contributed by atoms with van der Waals surface area (Å²) in [5, 5.41) is 0.176. The van der Waals surface area contributed by atoms with E-state index >= 15 is 0 Å². The van der Waals surface area contributed by atoms with E-state index in [-0.39, 0.29) is 22.3 Å². The van der Waals surface area contributed by atoms with Crippen molar-refractivity contribution in [3.8, 4) is 0 Å². The second-order valence-electron chi connectivity index (χ2n) is 2.10. The molecule has 0 saturated heterocycles. The average Bonchev–Trinajstić information content (AvgIpc) is 2.03. The minimum atomic E-state index is -2.55. The van der Waals surface area contributed by atoms with E-state index in [0.29, 0.717) is 0 Å². The van der Waals surface area contributed by atoms with E-state index in [4.69, 9.17) is 23.2 Å². The molecule has 0 amide bonds. The van der Waals surface area contributed by atoms with Gasteiger partial charge in [0.2, 0.25) is 0 Å². The molecule has 0 aliphatic carbocycles. The van der Waals surface area contributed by atoms with Crippen LogP contribution in [0.3, 0.4) is 0 Å². The standard InChI is InChI=1S/C7H5Cl2F2N/c8-3-5-4(7(10)11)1-2-6(9)12-5/h1-2,7H,3H2. The Balaban J connectivity index is 3.11. The van der Waals surface area contributed by atoms with Crippen LogP contribution in [0.4, 0.5) is 8.78 Å². The maximum absolute atomic E-state index is 12.2. The molecule has 0 atom stereocenters. The Kier molecular flexibility index (Phi) is 3.23. The first-order valence-corrected chi connectivity index (χ1v) is 4.06. The number of hydrogen-bond donors (Lipinski definition) is 0. The SMILES string of the molecule is FC(F)c1ccc(Cl)nc1CCl. The van der Waals surface area contributed by atoms with E-state index in [0.717, 1.165) is 0 Å². The summed E-state index contributed by atoms with van der Waals surface area (Å²) in [4.78, 5) is 3.67. The van der Waals surface area contributed by atoms with Crippen molar-refractivity contribution in [1.82, 2.24) is 4.98 Å². The normalized spacial score (nSPS) is 10.8. The van der Waals surface area contributed by atoms with Gasteiger partial charge in [-0.05, 0) is 12.1 Å². The number of halogens is 4. The summed E-state index contributed by atoms with van der Waals surface area (Å²) in [6, 6.07) is 2.55. The molecule has 0 spiro atoms. The number of hydrogen-bond acceptors (Lipinski definition) is 1. The van der Waals surface area contributed by atoms with Crippen LogP contribution in [0, 0.1) is 0 Å². The summed E-state index contributed by atoms with van der Waals surface area (Å²) in [7, 11) is 0. The van der Waals surface area contributed by atoms with Gasteiger partial charge in [-0.25, -0.2) is 13.8 Å². The lowest BCUT2D eigenvalue weighted by atomic mass is 10.2. The lowest BCUT2D eigenvalue weighted by Gasteiger charge is -2.04. The summed E-state index contributed by atoms with van der Waals surface area (Å²) in [6.07, 6.45) is -2.55. The summed E-state index contributed by atoms with van der Waals surface area (Å²) >= 11 is 10.9. The van der Waals surface area contributed by atoms with Crippen molar-refractivity contribution in [2.45, 2.75) is 12.3 Å². The van der Waals surface area contributed by atoms with E-state index in [1.54, 1.807) is 0 Å². The van der Waals surface area contributed by atoms with E-state index in [1.165, 1.54) is 12.1 Å². The summed E-state index contributed by atoms with van der Waals surface area (Å²) in [5.74, 6) is -0.0553. The molecule has 0 fully saturated rings. The predicted molar refractivity (Wildman–Crippen MR) is 43.8 cm³/mol. The summed E-state index contributed by atoms with van der Waals surface area (Å²) in [5.41, 5.74) is -0.0198. The molecule has 5 heteroatoms. The molecule has 0 saturated carbocycles. The van der Waals surface area contributed by atoms with Crippen molar-refractivity contribution < 1.29 is 8.78 Å². The highest BCUT2D eigenvalue weighted by Gasteiger charge is 2.13. The molecule has 1 aromatic heterocycles. The van der Waals surface area contributed by atoms with Crippen molar-refractivity contribution in [2.75, 3.05) is 0 Å². The molecular formula is C7H5Cl2F2N. The number of pyridine rings is 1. The molecule has 1 rings (SSSR count). The first-order chi connectivity index (χ1) is 5.65. The smallest absolute Gasteiger partial charge is 0.239 e. The molecule has 0 N–H and O–H groups in total. The van der Waals surface area contributed by atoms with Crippen LogP contribution in [-0.4, -0.2) is 4.98 Å². The van der Waals surface area contributed by atoms with Crippen molar-refractivity contribution >= 4 is 23.2 Å². The molecule has 12 heavy (non-hydrogen) atoms. The molecule has 0 radical (unpaired) electrons. The molecule has 1 heterocycles. The fourth-order valence-electron chi connectivity index (χ4n) is 0.791. The second-order valence-corrected chi connectivity index (χ2v) is 2.76. The fourth-order valence-corrected chi connectivity index (χ4v) is 1.17. The van der Waals surface area contributed by atoms with Crippen molar-refractivity contribution in [3.63, 3.8) is 0 Å². The lowest BCUT2D eigenvalue weighted by Crippen LogP contribution is -1.95. The first-order valence-electron chi connectivity index (χ1n) is 3.14. The number of aromatic nitrogens is 1. The van der Waals surface area contributed by atoms with Crippen LogP contribution in [0.2, 0.25) is 5.15 Å². The second kappa shape index (κ2) is 4.01. The van der Waals surface area contributed by atoms with Crippen molar-refractivity contribution in [2.24, 2.45) is 0 Å². The number of nitrogens with zero attached hydrogens (tertiary/aromatic N) is 1. The Morgan fingerprint density at radius 1 is 1.42 bits per heavy atom. The van der Waals surface area contributed by atoms with Crippen LogP contribution in [0.25, 0.3) is 0 Å². The molecule has 1 aromatic rings. The number of rotatable bonds is 2. The van der Waals surface area contributed by atoms with Gasteiger partial charge in [-0.1, -0.05) is 11.6 Å². The highest BCUT2D eigenvalue weighted by atomic mass is 35.5. The van der Waals surface area contributed by atoms with Gasteiger partial charge in [-0.3, -0.25) is 0 Å². The largest absolute Gasteiger partial charge is 0.265 e. The Morgan fingerprint density at radius 3 is 2.58 bits per heavy atom. The van der Waals surface area contributed by atoms with Gasteiger partial charge in [0.05, 0.1) is 11.6 Å². The molecular weight excluding hydrogens is 207 g/mol. The third-order valence-corrected chi connectivity index (χ3v) is 1.80. The Morgan fingerprint density at radius 2 is 2.08 bits per heavy atom. The van der Waals surface area contributed by atoms with Gasteiger partial charge < -0.3 is 0 Å². The van der Waals surface area contributed by atoms with E-state index < -0.39 is 6.43 Å². The van der Waals surface area contributed by atoms with Crippen LogP contribution < -0.4 is 0 Å². The Labute approximate surface area is 78.3 Å². The van der Waals surface area contributed by atoms with Crippen LogP contribution in [0.5, 0.6) is 0 Å². The van der Waals surface area contributed by atoms with Crippen LogP contribution in [0.15, 0.2) is 12.1 Å². The molecule has 0 aromatic carbocycles. The van der Waals surface area contributed by atoms with Gasteiger partial charge in [0, 0.05) is 5.56 Å². The zero-order chi connectivity index (χ0) is 9.14. The van der Waals surface area contributed by atoms with Gasteiger partial charge in [0.15, 0.2) is 0 Å². The molecule has 0 unspecified atom stereocenters. The van der Waals surface area contributed by atoms with Crippen LogP contribution in [-0.2, 0) is 5.88 Å². The van der Waals surface area contributed by atoms with E-state index in [9.17, 15) is 8.78 Å². The minimum Gasteiger partial charge on any atom is -0.239 e. The van der Waals surface area contributed by atoms with Gasteiger partial charge in [-0.2, -0.15) is 0 Å². The average molecular weight is 212 g/mol. The van der Waals surface area contributed by atoms with Crippen molar-refractivity contribution in [3.05, 3.63) is 28.5 Å². The first kappa shape index (κ1) is 9.68. The molecule has 0 aliphatic rings. The minimum absolute atomic E-state index is 0.0553. The van der Waals surface area contributed by atoms with Crippen LogP contribution in [0.1, 0.15) is 17.7 Å². The summed E-state index contributed by atoms with van der Waals surface area (Å²) in [6.45, 7) is 0. The highest BCUT2D eigenvalue weighted by Crippen LogP contribution is 2.24. The Hall–Kier alpha value is -0.410. The molecule has 1 nitrogen and oxygen atoms in total. The predicted octanol–water partition coefficient (Wildman–Crippen LogP) is 3.41. The molecule has 0 aliphatic heterocycles. The zero-order valence-corrected chi connectivity index (χ0v) is 7.41. The lowest BCUT2D eigenvalue weighted by molar-refractivity contribution is 0.150. The van der Waals surface area contributed by atoms with E-state index in [1.807, 2.05) is 0 Å². The van der Waals surface area contributed by atoms with E-state index in [2.05, 4.69) is 4.98 Å². The van der Waals surface area contributed by atoms with Gasteiger partial charge in [0.1, 0.15) is 5.15 Å². The van der Waals surface area contributed by atoms with Gasteiger partial charge in [-0.15, -0.1) is 11.6 Å². The molecule has 0 bridgehead atoms. The van der Waals surface area contributed by atoms with Gasteiger partial charge in [0.25, 0.3) is 6.43 Å². The fraction of sp³-hybridized carbons (Fsp3) is 0.286. The quantitative estimate of drug-likeness (QED) is 0.540. The third-order valence-electron chi connectivity index (χ3n) is 1.34. The number of alkyl halides is 3. The van der Waals surface area contributed by atoms with Crippen molar-refractivity contribution in [1.29, 1.82) is 0 Å². The monoisotopic (exact) mass is 211 g/mol. The topological polar surface area (TPSA) is 12.9 Å². The maximum atomic E-state index is 12.2. The highest BCUT2D eigenvalue weighted by molar-refractivity contribution is 6.29. The zero-order valence-electron chi connectivity index (χ0n) is 5.90. The molecule has 66 valence electrons. The van der Waals surface area contributed by atoms with Crippen LogP contribution >= 0.6 is 23.2 Å².